The van der Waals surface area contributed by atoms with Crippen LogP contribution in [0.15, 0.2) is 42.5 Å². The molecule has 3 rings (SSSR count). The van der Waals surface area contributed by atoms with Crippen LogP contribution in [-0.2, 0) is 11.2 Å². The van der Waals surface area contributed by atoms with E-state index < -0.39 is 0 Å². The SMILES string of the molecule is COc1cccc(-c2ccc3c(c2)CCC(=O)N3)c1. The third-order valence-electron chi connectivity index (χ3n) is 3.40. The molecule has 1 amide bonds. The first-order chi connectivity index (χ1) is 9.26. The number of methoxy groups -OCH3 is 1. The third-order valence-corrected chi connectivity index (χ3v) is 3.40. The van der Waals surface area contributed by atoms with E-state index in [-0.39, 0.29) is 5.91 Å². The zero-order valence-corrected chi connectivity index (χ0v) is 10.8. The first-order valence-corrected chi connectivity index (χ1v) is 6.33. The van der Waals surface area contributed by atoms with Crippen molar-refractivity contribution in [3.05, 3.63) is 48.0 Å². The monoisotopic (exact) mass is 253 g/mol. The number of ether oxygens (including phenoxy) is 1. The van der Waals surface area contributed by atoms with Crippen molar-refractivity contribution in [2.75, 3.05) is 12.4 Å². The van der Waals surface area contributed by atoms with E-state index in [9.17, 15) is 4.79 Å². The summed E-state index contributed by atoms with van der Waals surface area (Å²) in [6.45, 7) is 0. The topological polar surface area (TPSA) is 38.3 Å². The standard InChI is InChI=1S/C16H15NO2/c1-19-14-4-2-3-11(10-14)12-5-7-15-13(9-12)6-8-16(18)17-15/h2-5,7,9-10H,6,8H2,1H3,(H,17,18). The van der Waals surface area contributed by atoms with Crippen LogP contribution in [0.3, 0.4) is 0 Å². The largest absolute Gasteiger partial charge is 0.497 e. The number of anilines is 1. The summed E-state index contributed by atoms with van der Waals surface area (Å²) in [5.41, 5.74) is 4.40. The molecule has 1 aliphatic heterocycles. The lowest BCUT2D eigenvalue weighted by atomic mass is 9.97. The molecule has 96 valence electrons. The lowest BCUT2D eigenvalue weighted by Crippen LogP contribution is -2.18. The number of carbonyl (C=O) groups excluding carboxylic acids is 1. The van der Waals surface area contributed by atoms with Gasteiger partial charge in [0.1, 0.15) is 5.75 Å². The van der Waals surface area contributed by atoms with Gasteiger partial charge in [-0.25, -0.2) is 0 Å². The molecule has 2 aromatic carbocycles. The van der Waals surface area contributed by atoms with E-state index in [1.54, 1.807) is 7.11 Å². The highest BCUT2D eigenvalue weighted by molar-refractivity contribution is 5.94. The van der Waals surface area contributed by atoms with Crippen LogP contribution in [0, 0.1) is 0 Å². The maximum absolute atomic E-state index is 11.3. The van der Waals surface area contributed by atoms with Gasteiger partial charge in [-0.15, -0.1) is 0 Å². The zero-order chi connectivity index (χ0) is 13.2. The predicted molar refractivity (Wildman–Crippen MR) is 75.4 cm³/mol. The molecule has 3 heteroatoms. The molecule has 0 saturated heterocycles. The van der Waals surface area contributed by atoms with Crippen molar-refractivity contribution in [1.82, 2.24) is 0 Å². The highest BCUT2D eigenvalue weighted by Crippen LogP contribution is 2.30. The normalized spacial score (nSPS) is 13.6. The van der Waals surface area contributed by atoms with Gasteiger partial charge in [-0.3, -0.25) is 4.79 Å². The minimum atomic E-state index is 0.0987. The Bertz CT molecular complexity index is 634. The molecule has 0 aliphatic carbocycles. The summed E-state index contributed by atoms with van der Waals surface area (Å²) in [6, 6.07) is 14.1. The molecule has 0 unspecified atom stereocenters. The lowest BCUT2D eigenvalue weighted by molar-refractivity contribution is -0.116. The molecule has 1 aliphatic rings. The first kappa shape index (κ1) is 11.8. The Morgan fingerprint density at radius 1 is 1.05 bits per heavy atom. The Hall–Kier alpha value is -2.29. The minimum absolute atomic E-state index is 0.0987. The number of amides is 1. The molecule has 0 fully saturated rings. The van der Waals surface area contributed by atoms with E-state index in [0.29, 0.717) is 6.42 Å². The fraction of sp³-hybridized carbons (Fsp3) is 0.188. The predicted octanol–water partition coefficient (Wildman–Crippen LogP) is 3.25. The second kappa shape index (κ2) is 4.76. The van der Waals surface area contributed by atoms with Crippen molar-refractivity contribution in [3.63, 3.8) is 0 Å². The Kier molecular flexibility index (Phi) is 2.95. The van der Waals surface area contributed by atoms with Gasteiger partial charge in [0.2, 0.25) is 5.91 Å². The van der Waals surface area contributed by atoms with Gasteiger partial charge >= 0.3 is 0 Å². The summed E-state index contributed by atoms with van der Waals surface area (Å²) >= 11 is 0. The molecule has 0 bridgehead atoms. The van der Waals surface area contributed by atoms with Crippen LogP contribution in [-0.4, -0.2) is 13.0 Å². The summed E-state index contributed by atoms with van der Waals surface area (Å²) in [5, 5.41) is 2.90. The Morgan fingerprint density at radius 2 is 1.89 bits per heavy atom. The minimum Gasteiger partial charge on any atom is -0.497 e. The van der Waals surface area contributed by atoms with E-state index in [1.807, 2.05) is 30.3 Å². The molecule has 1 heterocycles. The van der Waals surface area contributed by atoms with Crippen LogP contribution in [0.25, 0.3) is 11.1 Å². The molecule has 0 atom stereocenters. The second-order valence-electron chi connectivity index (χ2n) is 4.65. The molecule has 0 radical (unpaired) electrons. The lowest BCUT2D eigenvalue weighted by Gasteiger charge is -2.17. The summed E-state index contributed by atoms with van der Waals surface area (Å²) < 4.78 is 5.25. The molecular formula is C16H15NO2. The van der Waals surface area contributed by atoms with Gasteiger partial charge in [0.25, 0.3) is 0 Å². The maximum atomic E-state index is 11.3. The van der Waals surface area contributed by atoms with Gasteiger partial charge < -0.3 is 10.1 Å². The average molecular weight is 253 g/mol. The van der Waals surface area contributed by atoms with Gasteiger partial charge in [0.05, 0.1) is 7.11 Å². The van der Waals surface area contributed by atoms with Gasteiger partial charge in [-0.2, -0.15) is 0 Å². The molecule has 3 nitrogen and oxygen atoms in total. The van der Waals surface area contributed by atoms with Crippen molar-refractivity contribution in [2.45, 2.75) is 12.8 Å². The molecule has 1 N–H and O–H groups in total. The highest BCUT2D eigenvalue weighted by atomic mass is 16.5. The number of carbonyl (C=O) groups is 1. The van der Waals surface area contributed by atoms with E-state index >= 15 is 0 Å². The first-order valence-electron chi connectivity index (χ1n) is 6.33. The van der Waals surface area contributed by atoms with Crippen LogP contribution in [0.5, 0.6) is 5.75 Å². The molecule has 2 aromatic rings. The fourth-order valence-electron chi connectivity index (χ4n) is 2.37. The number of aryl methyl sites for hydroxylation is 1. The van der Waals surface area contributed by atoms with E-state index in [4.69, 9.17) is 4.74 Å². The van der Waals surface area contributed by atoms with Crippen LogP contribution < -0.4 is 10.1 Å². The van der Waals surface area contributed by atoms with Gasteiger partial charge in [-0.1, -0.05) is 18.2 Å². The number of nitrogens with one attached hydrogen (secondary N) is 1. The smallest absolute Gasteiger partial charge is 0.224 e. The third kappa shape index (κ3) is 2.32. The van der Waals surface area contributed by atoms with Crippen molar-refractivity contribution in [3.8, 4) is 16.9 Å². The van der Waals surface area contributed by atoms with E-state index in [1.165, 1.54) is 5.56 Å². The number of hydrogen-bond donors (Lipinski definition) is 1. The summed E-state index contributed by atoms with van der Waals surface area (Å²) in [6.07, 6.45) is 1.37. The molecule has 0 aromatic heterocycles. The molecule has 0 spiro atoms. The van der Waals surface area contributed by atoms with Crippen molar-refractivity contribution in [2.24, 2.45) is 0 Å². The summed E-state index contributed by atoms with van der Waals surface area (Å²) in [4.78, 5) is 11.3. The summed E-state index contributed by atoms with van der Waals surface area (Å²) in [5.74, 6) is 0.949. The maximum Gasteiger partial charge on any atom is 0.224 e. The molecular weight excluding hydrogens is 238 g/mol. The fourth-order valence-corrected chi connectivity index (χ4v) is 2.37. The van der Waals surface area contributed by atoms with E-state index in [0.717, 1.165) is 29.0 Å². The molecule has 19 heavy (non-hydrogen) atoms. The number of fused-ring (bicyclic) bond motifs is 1. The van der Waals surface area contributed by atoms with Crippen LogP contribution >= 0.6 is 0 Å². The quantitative estimate of drug-likeness (QED) is 0.892. The average Bonchev–Trinajstić information content (AvgIpc) is 2.46. The van der Waals surface area contributed by atoms with Gasteiger partial charge in [-0.05, 0) is 47.4 Å². The Balaban J connectivity index is 1.99. The molecule has 0 saturated carbocycles. The Morgan fingerprint density at radius 3 is 2.74 bits per heavy atom. The van der Waals surface area contributed by atoms with Crippen LogP contribution in [0.2, 0.25) is 0 Å². The Labute approximate surface area is 112 Å². The summed E-state index contributed by atoms with van der Waals surface area (Å²) in [7, 11) is 1.67. The second-order valence-corrected chi connectivity index (χ2v) is 4.65. The van der Waals surface area contributed by atoms with Crippen LogP contribution in [0.1, 0.15) is 12.0 Å². The number of hydrogen-bond acceptors (Lipinski definition) is 2. The van der Waals surface area contributed by atoms with Gasteiger partial charge in [0, 0.05) is 12.1 Å². The van der Waals surface area contributed by atoms with Gasteiger partial charge in [0.15, 0.2) is 0 Å². The zero-order valence-electron chi connectivity index (χ0n) is 10.8. The number of benzene rings is 2. The van der Waals surface area contributed by atoms with Crippen molar-refractivity contribution in [1.29, 1.82) is 0 Å². The van der Waals surface area contributed by atoms with E-state index in [2.05, 4.69) is 17.4 Å². The number of rotatable bonds is 2. The van der Waals surface area contributed by atoms with Crippen molar-refractivity contribution < 1.29 is 9.53 Å². The van der Waals surface area contributed by atoms with Crippen LogP contribution in [0.4, 0.5) is 5.69 Å². The highest BCUT2D eigenvalue weighted by Gasteiger charge is 2.15. The van der Waals surface area contributed by atoms with Crippen molar-refractivity contribution >= 4 is 11.6 Å².